The van der Waals surface area contributed by atoms with Crippen molar-refractivity contribution in [2.45, 2.75) is 26.5 Å². The Morgan fingerprint density at radius 3 is 2.33 bits per heavy atom. The van der Waals surface area contributed by atoms with Crippen molar-refractivity contribution in [1.29, 1.82) is 0 Å². The SMILES string of the molecule is CCOc1ccc(/C(O)=C2/C(=O)C(=O)N(c3ccc(OCc4ccccc4)cc3)C2c2ccccn2)cc1C. The van der Waals surface area contributed by atoms with Crippen molar-refractivity contribution in [3.05, 3.63) is 125 Å². The van der Waals surface area contributed by atoms with Gasteiger partial charge < -0.3 is 14.6 Å². The molecule has 1 atom stereocenters. The second kappa shape index (κ2) is 11.2. The van der Waals surface area contributed by atoms with Crippen molar-refractivity contribution in [3.8, 4) is 11.5 Å². The van der Waals surface area contributed by atoms with Crippen molar-refractivity contribution >= 4 is 23.1 Å². The normalized spacial score (nSPS) is 16.4. The van der Waals surface area contributed by atoms with Crippen LogP contribution >= 0.6 is 0 Å². The second-order valence-corrected chi connectivity index (χ2v) is 9.11. The molecule has 0 bridgehead atoms. The van der Waals surface area contributed by atoms with E-state index >= 15 is 0 Å². The molecular weight excluding hydrogens is 492 g/mol. The predicted octanol–water partition coefficient (Wildman–Crippen LogP) is 5.99. The van der Waals surface area contributed by atoms with Crippen LogP contribution in [-0.4, -0.2) is 28.4 Å². The van der Waals surface area contributed by atoms with Crippen LogP contribution in [0.5, 0.6) is 11.5 Å². The molecule has 1 unspecified atom stereocenters. The molecule has 1 saturated heterocycles. The highest BCUT2D eigenvalue weighted by Gasteiger charge is 2.47. The summed E-state index contributed by atoms with van der Waals surface area (Å²) in [7, 11) is 0. The lowest BCUT2D eigenvalue weighted by Crippen LogP contribution is -2.29. The first-order valence-electron chi connectivity index (χ1n) is 12.7. The summed E-state index contributed by atoms with van der Waals surface area (Å²) in [5.41, 5.74) is 3.18. The van der Waals surface area contributed by atoms with E-state index < -0.39 is 17.7 Å². The van der Waals surface area contributed by atoms with Gasteiger partial charge in [0.2, 0.25) is 0 Å². The number of aryl methyl sites for hydroxylation is 1. The third-order valence-electron chi connectivity index (χ3n) is 6.52. The molecular formula is C32H28N2O5. The topological polar surface area (TPSA) is 89.0 Å². The number of benzene rings is 3. The monoisotopic (exact) mass is 520 g/mol. The molecule has 2 heterocycles. The Hall–Kier alpha value is -4.91. The van der Waals surface area contributed by atoms with Gasteiger partial charge in [-0.05, 0) is 79.6 Å². The van der Waals surface area contributed by atoms with E-state index in [0.29, 0.717) is 41.7 Å². The average Bonchev–Trinajstić information content (AvgIpc) is 3.24. The summed E-state index contributed by atoms with van der Waals surface area (Å²) in [5.74, 6) is -0.476. The summed E-state index contributed by atoms with van der Waals surface area (Å²) in [4.78, 5) is 32.6. The number of nitrogens with zero attached hydrogens (tertiary/aromatic N) is 2. The molecule has 39 heavy (non-hydrogen) atoms. The molecule has 4 aromatic rings. The van der Waals surface area contributed by atoms with E-state index in [0.717, 1.165) is 11.1 Å². The summed E-state index contributed by atoms with van der Waals surface area (Å²) in [6.45, 7) is 4.66. The third-order valence-corrected chi connectivity index (χ3v) is 6.52. The first kappa shape index (κ1) is 25.7. The number of hydrogen-bond donors (Lipinski definition) is 1. The van der Waals surface area contributed by atoms with Crippen molar-refractivity contribution in [2.75, 3.05) is 11.5 Å². The van der Waals surface area contributed by atoms with Crippen LogP contribution in [0, 0.1) is 6.92 Å². The lowest BCUT2D eigenvalue weighted by molar-refractivity contribution is -0.132. The minimum Gasteiger partial charge on any atom is -0.507 e. The molecule has 0 radical (unpaired) electrons. The fraction of sp³-hybridized carbons (Fsp3) is 0.156. The maximum absolute atomic E-state index is 13.4. The van der Waals surface area contributed by atoms with Crippen molar-refractivity contribution in [2.24, 2.45) is 0 Å². The highest BCUT2D eigenvalue weighted by atomic mass is 16.5. The molecule has 1 N–H and O–H groups in total. The number of hydrogen-bond acceptors (Lipinski definition) is 6. The van der Waals surface area contributed by atoms with Crippen LogP contribution < -0.4 is 14.4 Å². The smallest absolute Gasteiger partial charge is 0.300 e. The van der Waals surface area contributed by atoms with Gasteiger partial charge in [0, 0.05) is 17.4 Å². The first-order chi connectivity index (χ1) is 19.0. The molecule has 0 aliphatic carbocycles. The number of aliphatic hydroxyl groups excluding tert-OH is 1. The van der Waals surface area contributed by atoms with Gasteiger partial charge in [0.1, 0.15) is 29.9 Å². The zero-order valence-electron chi connectivity index (χ0n) is 21.7. The van der Waals surface area contributed by atoms with Crippen LogP contribution in [0.1, 0.15) is 35.3 Å². The largest absolute Gasteiger partial charge is 0.507 e. The Labute approximate surface area is 227 Å². The minimum atomic E-state index is -0.908. The van der Waals surface area contributed by atoms with Crippen LogP contribution in [-0.2, 0) is 16.2 Å². The molecule has 5 rings (SSSR count). The number of ketones is 1. The van der Waals surface area contributed by atoms with E-state index in [1.807, 2.05) is 44.2 Å². The number of pyridine rings is 1. The third kappa shape index (κ3) is 5.25. The summed E-state index contributed by atoms with van der Waals surface area (Å²) >= 11 is 0. The standard InChI is InChI=1S/C32H28N2O5/c1-3-38-27-17-12-23(19-21(27)2)30(35)28-29(26-11-7-8-18-33-26)34(32(37)31(28)36)24-13-15-25(16-14-24)39-20-22-9-5-4-6-10-22/h4-19,29,35H,3,20H2,1-2H3/b30-28-. The van der Waals surface area contributed by atoms with Crippen LogP contribution in [0.2, 0.25) is 0 Å². The van der Waals surface area contributed by atoms with Gasteiger partial charge in [-0.15, -0.1) is 0 Å². The Morgan fingerprint density at radius 1 is 0.923 bits per heavy atom. The van der Waals surface area contributed by atoms with Crippen molar-refractivity contribution < 1.29 is 24.2 Å². The van der Waals surface area contributed by atoms with E-state index in [-0.39, 0.29) is 11.3 Å². The lowest BCUT2D eigenvalue weighted by Gasteiger charge is -2.24. The summed E-state index contributed by atoms with van der Waals surface area (Å²) in [5, 5.41) is 11.4. The number of anilines is 1. The summed E-state index contributed by atoms with van der Waals surface area (Å²) in [6, 6.07) is 26.3. The number of carbonyl (C=O) groups is 2. The molecule has 196 valence electrons. The number of aliphatic hydroxyl groups is 1. The lowest BCUT2D eigenvalue weighted by atomic mass is 9.97. The average molecular weight is 521 g/mol. The van der Waals surface area contributed by atoms with Gasteiger partial charge >= 0.3 is 0 Å². The molecule has 1 fully saturated rings. The number of ether oxygens (including phenoxy) is 2. The quantitative estimate of drug-likeness (QED) is 0.174. The number of rotatable bonds is 8. The van der Waals surface area contributed by atoms with Crippen LogP contribution in [0.25, 0.3) is 5.76 Å². The fourth-order valence-electron chi connectivity index (χ4n) is 4.63. The van der Waals surface area contributed by atoms with Gasteiger partial charge in [0.15, 0.2) is 0 Å². The highest BCUT2D eigenvalue weighted by molar-refractivity contribution is 6.51. The van der Waals surface area contributed by atoms with E-state index in [1.165, 1.54) is 4.90 Å². The van der Waals surface area contributed by atoms with E-state index in [2.05, 4.69) is 4.98 Å². The zero-order valence-corrected chi connectivity index (χ0v) is 21.7. The highest BCUT2D eigenvalue weighted by Crippen LogP contribution is 2.42. The van der Waals surface area contributed by atoms with Crippen LogP contribution in [0.15, 0.2) is 103 Å². The Bertz CT molecular complexity index is 1520. The molecule has 7 nitrogen and oxygen atoms in total. The number of aromatic nitrogens is 1. The predicted molar refractivity (Wildman–Crippen MR) is 149 cm³/mol. The molecule has 7 heteroatoms. The van der Waals surface area contributed by atoms with Crippen molar-refractivity contribution in [1.82, 2.24) is 4.98 Å². The van der Waals surface area contributed by atoms with Gasteiger partial charge in [-0.3, -0.25) is 19.5 Å². The first-order valence-corrected chi connectivity index (χ1v) is 12.7. The molecule has 1 aliphatic heterocycles. The van der Waals surface area contributed by atoms with Crippen LogP contribution in [0.4, 0.5) is 5.69 Å². The molecule has 0 spiro atoms. The van der Waals surface area contributed by atoms with E-state index in [1.54, 1.807) is 66.9 Å². The van der Waals surface area contributed by atoms with Gasteiger partial charge in [-0.25, -0.2) is 0 Å². The maximum atomic E-state index is 13.4. The maximum Gasteiger partial charge on any atom is 0.300 e. The van der Waals surface area contributed by atoms with Crippen LogP contribution in [0.3, 0.4) is 0 Å². The van der Waals surface area contributed by atoms with E-state index in [9.17, 15) is 14.7 Å². The molecule has 0 saturated carbocycles. The number of amides is 1. The second-order valence-electron chi connectivity index (χ2n) is 9.11. The Balaban J connectivity index is 1.51. The molecule has 1 aromatic heterocycles. The minimum absolute atomic E-state index is 0.0216. The van der Waals surface area contributed by atoms with Gasteiger partial charge in [-0.2, -0.15) is 0 Å². The number of carbonyl (C=O) groups excluding carboxylic acids is 2. The van der Waals surface area contributed by atoms with Crippen molar-refractivity contribution in [3.63, 3.8) is 0 Å². The molecule has 3 aromatic carbocycles. The Kier molecular flexibility index (Phi) is 7.41. The van der Waals surface area contributed by atoms with Gasteiger partial charge in [0.25, 0.3) is 11.7 Å². The molecule has 1 amide bonds. The summed E-state index contributed by atoms with van der Waals surface area (Å²) < 4.78 is 11.5. The summed E-state index contributed by atoms with van der Waals surface area (Å²) in [6.07, 6.45) is 1.59. The zero-order chi connectivity index (χ0) is 27.4. The van der Waals surface area contributed by atoms with Gasteiger partial charge in [-0.1, -0.05) is 36.4 Å². The van der Waals surface area contributed by atoms with E-state index in [4.69, 9.17) is 9.47 Å². The van der Waals surface area contributed by atoms with Gasteiger partial charge in [0.05, 0.1) is 17.9 Å². The number of Topliss-reactive ketones (excluding diaryl/α,β-unsaturated/α-hetero) is 1. The molecule has 1 aliphatic rings. The fourth-order valence-corrected chi connectivity index (χ4v) is 4.63. The Morgan fingerprint density at radius 2 is 1.67 bits per heavy atom.